The number of Topliss-reactive ketones (excluding diaryl/α,β-unsaturated/α-hetero) is 1. The number of rotatable bonds is 8. The molecule has 2 unspecified atom stereocenters. The van der Waals surface area contributed by atoms with E-state index in [-0.39, 0.29) is 29.5 Å². The van der Waals surface area contributed by atoms with Gasteiger partial charge >= 0.3 is 5.97 Å². The van der Waals surface area contributed by atoms with E-state index >= 15 is 0 Å². The van der Waals surface area contributed by atoms with Crippen molar-refractivity contribution in [2.45, 2.75) is 52.4 Å². The Bertz CT molecular complexity index is 591. The van der Waals surface area contributed by atoms with Gasteiger partial charge in [0.25, 0.3) is 0 Å². The zero-order valence-corrected chi connectivity index (χ0v) is 16.5. The van der Waals surface area contributed by atoms with Crippen molar-refractivity contribution in [3.8, 4) is 0 Å². The quantitative estimate of drug-likeness (QED) is 0.394. The minimum Gasteiger partial charge on any atom is -0.511 e. The molecule has 2 atom stereocenters. The van der Waals surface area contributed by atoms with E-state index in [4.69, 9.17) is 14.3 Å². The molecule has 0 aromatic rings. The van der Waals surface area contributed by atoms with E-state index in [0.717, 1.165) is 19.3 Å². The Labute approximate surface area is 160 Å². The molecule has 1 aliphatic heterocycles. The van der Waals surface area contributed by atoms with Crippen molar-refractivity contribution in [2.75, 3.05) is 26.9 Å². The number of carbonyl (C=O) groups is 2. The topological polar surface area (TPSA) is 94.4 Å². The highest BCUT2D eigenvalue weighted by atomic mass is 16.6. The van der Waals surface area contributed by atoms with Crippen LogP contribution in [0, 0.1) is 17.8 Å². The van der Waals surface area contributed by atoms with Crippen LogP contribution in [-0.2, 0) is 23.9 Å². The first-order valence-electron chi connectivity index (χ1n) is 9.84. The molecule has 7 nitrogen and oxygen atoms in total. The maximum atomic E-state index is 12.9. The molecule has 1 N–H and O–H groups in total. The number of ether oxygens (including phenoxy) is 2. The van der Waals surface area contributed by atoms with Crippen molar-refractivity contribution in [3.05, 3.63) is 11.3 Å². The van der Waals surface area contributed by atoms with Crippen molar-refractivity contribution in [1.29, 1.82) is 0 Å². The summed E-state index contributed by atoms with van der Waals surface area (Å²) in [5.74, 6) is -1.65. The highest BCUT2D eigenvalue weighted by molar-refractivity contribution is 6.23. The molecule has 1 saturated heterocycles. The molecule has 1 fully saturated rings. The largest absolute Gasteiger partial charge is 0.511 e. The first kappa shape index (κ1) is 21.4. The molecular weight excluding hydrogens is 350 g/mol. The van der Waals surface area contributed by atoms with Crippen LogP contribution in [0.2, 0.25) is 0 Å². The summed E-state index contributed by atoms with van der Waals surface area (Å²) in [5, 5.41) is 14.9. The maximum absolute atomic E-state index is 12.9. The summed E-state index contributed by atoms with van der Waals surface area (Å²) in [6.45, 7) is 5.51. The van der Waals surface area contributed by atoms with Gasteiger partial charge in [-0.15, -0.1) is 0 Å². The molecule has 0 radical (unpaired) electrons. The smallest absolute Gasteiger partial charge is 0.316 e. The van der Waals surface area contributed by atoms with Crippen LogP contribution in [-0.4, -0.2) is 49.5 Å². The van der Waals surface area contributed by atoms with Crippen molar-refractivity contribution < 1.29 is 29.0 Å². The lowest BCUT2D eigenvalue weighted by molar-refractivity contribution is -0.148. The van der Waals surface area contributed by atoms with Gasteiger partial charge in [0.1, 0.15) is 18.3 Å². The van der Waals surface area contributed by atoms with Crippen molar-refractivity contribution in [2.24, 2.45) is 22.9 Å². The zero-order valence-electron chi connectivity index (χ0n) is 16.5. The Balaban J connectivity index is 2.35. The van der Waals surface area contributed by atoms with Gasteiger partial charge in [-0.05, 0) is 44.4 Å². The van der Waals surface area contributed by atoms with Crippen molar-refractivity contribution in [3.63, 3.8) is 0 Å². The molecule has 152 valence electrons. The van der Waals surface area contributed by atoms with Gasteiger partial charge < -0.3 is 19.4 Å². The number of methoxy groups -OCH3 is 1. The van der Waals surface area contributed by atoms with E-state index in [1.807, 2.05) is 6.92 Å². The SMILES string of the molecule is CCCC(=NOCC)C1=C(O)C(C(=O)OC)C(CC2CCOCC2)CC1=O. The van der Waals surface area contributed by atoms with Gasteiger partial charge in [0.05, 0.1) is 18.4 Å². The second-order valence-corrected chi connectivity index (χ2v) is 7.15. The Morgan fingerprint density at radius 1 is 1.30 bits per heavy atom. The summed E-state index contributed by atoms with van der Waals surface area (Å²) in [7, 11) is 1.30. The number of hydrogen-bond donors (Lipinski definition) is 1. The highest BCUT2D eigenvalue weighted by Crippen LogP contribution is 2.39. The third kappa shape index (κ3) is 5.31. The van der Waals surface area contributed by atoms with Crippen LogP contribution in [0.1, 0.15) is 52.4 Å². The monoisotopic (exact) mass is 381 g/mol. The molecule has 1 heterocycles. The van der Waals surface area contributed by atoms with Crippen LogP contribution in [0.3, 0.4) is 0 Å². The van der Waals surface area contributed by atoms with Gasteiger partial charge in [0.15, 0.2) is 5.78 Å². The molecule has 7 heteroatoms. The van der Waals surface area contributed by atoms with Crippen molar-refractivity contribution >= 4 is 17.5 Å². The summed E-state index contributed by atoms with van der Waals surface area (Å²) >= 11 is 0. The third-order valence-electron chi connectivity index (χ3n) is 5.26. The third-order valence-corrected chi connectivity index (χ3v) is 5.26. The molecule has 0 saturated carbocycles. The Hall–Kier alpha value is -1.89. The van der Waals surface area contributed by atoms with Crippen LogP contribution in [0.4, 0.5) is 0 Å². The van der Waals surface area contributed by atoms with Crippen LogP contribution in [0.25, 0.3) is 0 Å². The molecule has 2 aliphatic rings. The van der Waals surface area contributed by atoms with Gasteiger partial charge in [0, 0.05) is 19.6 Å². The molecule has 0 aromatic carbocycles. The van der Waals surface area contributed by atoms with Crippen molar-refractivity contribution in [1.82, 2.24) is 0 Å². The minimum atomic E-state index is -0.839. The summed E-state index contributed by atoms with van der Waals surface area (Å²) in [6, 6.07) is 0. The number of aliphatic hydroxyl groups excluding tert-OH is 1. The maximum Gasteiger partial charge on any atom is 0.316 e. The molecule has 1 aliphatic carbocycles. The molecule has 2 rings (SSSR count). The summed E-state index contributed by atoms with van der Waals surface area (Å²) in [5.41, 5.74) is 0.532. The number of hydrogen-bond acceptors (Lipinski definition) is 7. The van der Waals surface area contributed by atoms with Gasteiger partial charge in [-0.25, -0.2) is 0 Å². The van der Waals surface area contributed by atoms with E-state index in [0.29, 0.717) is 44.3 Å². The van der Waals surface area contributed by atoms with Gasteiger partial charge in [-0.3, -0.25) is 9.59 Å². The number of allylic oxidation sites excluding steroid dienone is 1. The van der Waals surface area contributed by atoms with E-state index in [1.54, 1.807) is 6.92 Å². The number of carbonyl (C=O) groups excluding carboxylic acids is 2. The fourth-order valence-electron chi connectivity index (χ4n) is 3.94. The Morgan fingerprint density at radius 3 is 2.59 bits per heavy atom. The number of aliphatic hydroxyl groups is 1. The van der Waals surface area contributed by atoms with Gasteiger partial charge in [-0.1, -0.05) is 18.5 Å². The number of oxime groups is 1. The van der Waals surface area contributed by atoms with E-state index in [9.17, 15) is 14.7 Å². The first-order chi connectivity index (χ1) is 13.0. The fourth-order valence-corrected chi connectivity index (χ4v) is 3.94. The Morgan fingerprint density at radius 2 is 2.00 bits per heavy atom. The summed E-state index contributed by atoms with van der Waals surface area (Å²) in [6.07, 6.45) is 3.93. The molecule has 0 aromatic heterocycles. The van der Waals surface area contributed by atoms with E-state index in [2.05, 4.69) is 5.16 Å². The normalized spacial score (nSPS) is 24.9. The van der Waals surface area contributed by atoms with E-state index < -0.39 is 11.9 Å². The van der Waals surface area contributed by atoms with Gasteiger partial charge in [0.2, 0.25) is 0 Å². The van der Waals surface area contributed by atoms with Crippen LogP contribution in [0.5, 0.6) is 0 Å². The summed E-state index contributed by atoms with van der Waals surface area (Å²) in [4.78, 5) is 30.4. The molecule has 27 heavy (non-hydrogen) atoms. The fraction of sp³-hybridized carbons (Fsp3) is 0.750. The number of nitrogens with zero attached hydrogens (tertiary/aromatic N) is 1. The highest BCUT2D eigenvalue weighted by Gasteiger charge is 2.43. The van der Waals surface area contributed by atoms with Gasteiger partial charge in [-0.2, -0.15) is 0 Å². The van der Waals surface area contributed by atoms with Crippen LogP contribution in [0.15, 0.2) is 16.5 Å². The first-order valence-corrected chi connectivity index (χ1v) is 9.84. The predicted octanol–water partition coefficient (Wildman–Crippen LogP) is 3.19. The average molecular weight is 381 g/mol. The average Bonchev–Trinajstić information content (AvgIpc) is 2.66. The predicted molar refractivity (Wildman–Crippen MR) is 100 cm³/mol. The minimum absolute atomic E-state index is 0.129. The summed E-state index contributed by atoms with van der Waals surface area (Å²) < 4.78 is 10.3. The Kier molecular flexibility index (Phi) is 8.28. The van der Waals surface area contributed by atoms with Crippen LogP contribution >= 0.6 is 0 Å². The second kappa shape index (κ2) is 10.4. The number of ketones is 1. The van der Waals surface area contributed by atoms with Crippen LogP contribution < -0.4 is 0 Å². The molecule has 0 amide bonds. The molecule has 0 bridgehead atoms. The lowest BCUT2D eigenvalue weighted by atomic mass is 9.72. The number of esters is 1. The molecule has 0 spiro atoms. The lowest BCUT2D eigenvalue weighted by Gasteiger charge is -2.33. The van der Waals surface area contributed by atoms with E-state index in [1.165, 1.54) is 7.11 Å². The zero-order chi connectivity index (χ0) is 19.8. The second-order valence-electron chi connectivity index (χ2n) is 7.15. The lowest BCUT2D eigenvalue weighted by Crippen LogP contribution is -2.38. The molecular formula is C20H31NO6. The standard InChI is InChI=1S/C20H31NO6/c1-4-6-15(21-27-5-2)18-16(22)12-14(11-13-7-9-26-10-8-13)17(19(18)23)20(24)25-3/h13-14,17,23H,4-12H2,1-3H3.